The summed E-state index contributed by atoms with van der Waals surface area (Å²) in [5, 5.41) is 13.9. The molecule has 0 spiro atoms. The van der Waals surface area contributed by atoms with Gasteiger partial charge in [0.25, 0.3) is 0 Å². The molecule has 0 N–H and O–H groups in total. The maximum absolute atomic E-state index is 6.89. The number of benzene rings is 10. The summed E-state index contributed by atoms with van der Waals surface area (Å²) in [5.41, 5.74) is 14.3. The summed E-state index contributed by atoms with van der Waals surface area (Å²) < 4.78 is 27.2. The van der Waals surface area contributed by atoms with Gasteiger partial charge in [-0.15, -0.1) is 11.3 Å². The highest BCUT2D eigenvalue weighted by atomic mass is 32.1. The Balaban J connectivity index is 0.940. The van der Waals surface area contributed by atoms with E-state index in [2.05, 4.69) is 185 Å². The fourth-order valence-corrected chi connectivity index (χ4v) is 12.4. The van der Waals surface area contributed by atoms with Gasteiger partial charge in [0.15, 0.2) is 11.2 Å². The smallest absolute Gasteiger partial charge is 0.160 e. The number of rotatable bonds is 3. The van der Waals surface area contributed by atoms with Crippen molar-refractivity contribution < 1.29 is 13.3 Å². The average molecular weight is 861 g/mol. The molecule has 5 nitrogen and oxygen atoms in total. The summed E-state index contributed by atoms with van der Waals surface area (Å²) in [6.07, 6.45) is 0. The van der Waals surface area contributed by atoms with Crippen molar-refractivity contribution in [3.63, 3.8) is 0 Å². The molecule has 6 heteroatoms. The zero-order valence-corrected chi connectivity index (χ0v) is 35.8. The van der Waals surface area contributed by atoms with Gasteiger partial charge < -0.3 is 22.4 Å². The Morgan fingerprint density at radius 1 is 0.318 bits per heavy atom. The molecule has 6 aromatic heterocycles. The lowest BCUT2D eigenvalue weighted by Gasteiger charge is -2.10. The Morgan fingerprint density at radius 3 is 1.64 bits per heavy atom. The van der Waals surface area contributed by atoms with Gasteiger partial charge >= 0.3 is 0 Å². The lowest BCUT2D eigenvalue weighted by molar-refractivity contribution is 0.669. The third-order valence-electron chi connectivity index (χ3n) is 14.1. The van der Waals surface area contributed by atoms with E-state index in [1.54, 1.807) is 0 Å². The quantitative estimate of drug-likeness (QED) is 0.178. The minimum Gasteiger partial charge on any atom is -0.456 e. The number of aromatic nitrogens is 2. The highest BCUT2D eigenvalue weighted by Gasteiger charge is 2.25. The lowest BCUT2D eigenvalue weighted by Crippen LogP contribution is -1.94. The number of para-hydroxylation sites is 5. The summed E-state index contributed by atoms with van der Waals surface area (Å²) in [5.74, 6) is 0. The number of hydrogen-bond acceptors (Lipinski definition) is 4. The molecule has 16 rings (SSSR count). The molecule has 66 heavy (non-hydrogen) atoms. The highest BCUT2D eigenvalue weighted by molar-refractivity contribution is 7.25. The van der Waals surface area contributed by atoms with E-state index >= 15 is 0 Å². The second-order valence-electron chi connectivity index (χ2n) is 17.5. The van der Waals surface area contributed by atoms with Crippen molar-refractivity contribution in [2.45, 2.75) is 0 Å². The van der Waals surface area contributed by atoms with Gasteiger partial charge in [0.2, 0.25) is 0 Å². The molecule has 0 amide bonds. The molecule has 0 aliphatic carbocycles. The molecular formula is C60H32N2O3S. The lowest BCUT2D eigenvalue weighted by atomic mass is 9.96. The maximum Gasteiger partial charge on any atom is 0.160 e. The molecule has 6 heterocycles. The molecular weight excluding hydrogens is 829 g/mol. The molecule has 10 aromatic carbocycles. The zero-order chi connectivity index (χ0) is 42.8. The van der Waals surface area contributed by atoms with Crippen LogP contribution < -0.4 is 0 Å². The van der Waals surface area contributed by atoms with Crippen molar-refractivity contribution >= 4 is 141 Å². The van der Waals surface area contributed by atoms with E-state index in [-0.39, 0.29) is 0 Å². The fraction of sp³-hybridized carbons (Fsp3) is 0. The minimum atomic E-state index is 0.873. The van der Waals surface area contributed by atoms with Crippen molar-refractivity contribution in [3.05, 3.63) is 194 Å². The second kappa shape index (κ2) is 12.6. The Hall–Kier alpha value is -8.58. The summed E-state index contributed by atoms with van der Waals surface area (Å²) in [6, 6.07) is 69.9. The predicted octanol–water partition coefficient (Wildman–Crippen LogP) is 17.6. The second-order valence-corrected chi connectivity index (χ2v) is 18.6. The molecule has 0 bridgehead atoms. The van der Waals surface area contributed by atoms with Crippen LogP contribution in [0.25, 0.3) is 152 Å². The third-order valence-corrected chi connectivity index (χ3v) is 15.2. The SMILES string of the molecule is c1ccc2c(c1)oc1ccc(-n3c4ccccc4c4c(-c5ccc6c(c5)sc5ccc(-n7c8ccccc8c8ccc9c%10ccccc%10oc9c87)cc56)cc5c6ccccc6oc5c43)cc12. The number of thiophene rings is 1. The minimum absolute atomic E-state index is 0.873. The van der Waals surface area contributed by atoms with E-state index in [9.17, 15) is 0 Å². The van der Waals surface area contributed by atoms with Crippen LogP contribution in [0.5, 0.6) is 0 Å². The van der Waals surface area contributed by atoms with Crippen LogP contribution >= 0.6 is 11.3 Å². The molecule has 306 valence electrons. The number of fused-ring (bicyclic) bond motifs is 20. The maximum atomic E-state index is 6.89. The van der Waals surface area contributed by atoms with Gasteiger partial charge in [-0.3, -0.25) is 0 Å². The molecule has 0 fully saturated rings. The molecule has 0 unspecified atom stereocenters. The zero-order valence-electron chi connectivity index (χ0n) is 35.0. The first kappa shape index (κ1) is 34.9. The molecule has 16 aromatic rings. The molecule has 0 atom stereocenters. The van der Waals surface area contributed by atoms with E-state index in [0.717, 1.165) is 99.3 Å². The number of furan rings is 3. The summed E-state index contributed by atoms with van der Waals surface area (Å²) >= 11 is 1.85. The van der Waals surface area contributed by atoms with Gasteiger partial charge in [-0.05, 0) is 96.1 Å². The fourth-order valence-electron chi connectivity index (χ4n) is 11.2. The first-order valence-corrected chi connectivity index (χ1v) is 23.1. The monoisotopic (exact) mass is 860 g/mol. The van der Waals surface area contributed by atoms with E-state index in [4.69, 9.17) is 13.3 Å². The average Bonchev–Trinajstić information content (AvgIpc) is 4.22. The molecule has 0 aliphatic heterocycles. The normalized spacial score (nSPS) is 12.5. The van der Waals surface area contributed by atoms with Crippen LogP contribution in [0.4, 0.5) is 0 Å². The largest absolute Gasteiger partial charge is 0.456 e. The van der Waals surface area contributed by atoms with Gasteiger partial charge in [0, 0.05) is 85.4 Å². The molecule has 0 saturated carbocycles. The number of nitrogens with zero attached hydrogens (tertiary/aromatic N) is 2. The van der Waals surface area contributed by atoms with Crippen LogP contribution in [-0.2, 0) is 0 Å². The Morgan fingerprint density at radius 2 is 0.864 bits per heavy atom. The number of hydrogen-bond donors (Lipinski definition) is 0. The standard InChI is InChI=1S/C60H32N2O3S/c1-6-16-48-36(11-1)41-25-26-42-37-12-3-9-19-51(37)64-59(42)57(41)61(48)35-23-28-54-46(31-35)40-24-21-33(29-55(40)66-54)44-32-47-39-14-5-10-20-52(39)65-60(47)58-56(44)43-15-2-7-17-49(43)62(58)34-22-27-53-45(30-34)38-13-4-8-18-50(38)63-53/h1-32H. The topological polar surface area (TPSA) is 49.3 Å². The van der Waals surface area contributed by atoms with Gasteiger partial charge in [0.05, 0.1) is 22.1 Å². The van der Waals surface area contributed by atoms with Gasteiger partial charge in [0.1, 0.15) is 22.3 Å². The van der Waals surface area contributed by atoms with Crippen LogP contribution in [0.3, 0.4) is 0 Å². The van der Waals surface area contributed by atoms with Crippen molar-refractivity contribution in [1.82, 2.24) is 9.13 Å². The van der Waals surface area contributed by atoms with E-state index in [0.29, 0.717) is 0 Å². The van der Waals surface area contributed by atoms with E-state index in [1.807, 2.05) is 29.5 Å². The summed E-state index contributed by atoms with van der Waals surface area (Å²) in [6.45, 7) is 0. The van der Waals surface area contributed by atoms with Crippen LogP contribution in [-0.4, -0.2) is 9.13 Å². The van der Waals surface area contributed by atoms with Crippen LogP contribution in [0.2, 0.25) is 0 Å². The van der Waals surface area contributed by atoms with Crippen molar-refractivity contribution in [2.24, 2.45) is 0 Å². The Bertz CT molecular complexity index is 4780. The highest BCUT2D eigenvalue weighted by Crippen LogP contribution is 2.48. The summed E-state index contributed by atoms with van der Waals surface area (Å²) in [7, 11) is 0. The van der Waals surface area contributed by atoms with Gasteiger partial charge in [-0.25, -0.2) is 0 Å². The van der Waals surface area contributed by atoms with Crippen LogP contribution in [0, 0.1) is 0 Å². The van der Waals surface area contributed by atoms with Gasteiger partial charge in [-0.2, -0.15) is 0 Å². The van der Waals surface area contributed by atoms with Crippen molar-refractivity contribution in [1.29, 1.82) is 0 Å². The molecule has 0 saturated heterocycles. The predicted molar refractivity (Wildman–Crippen MR) is 275 cm³/mol. The Kier molecular flexibility index (Phi) is 6.64. The molecule has 0 aliphatic rings. The van der Waals surface area contributed by atoms with E-state index < -0.39 is 0 Å². The van der Waals surface area contributed by atoms with Crippen molar-refractivity contribution in [2.75, 3.05) is 0 Å². The van der Waals surface area contributed by atoms with Gasteiger partial charge in [-0.1, -0.05) is 109 Å². The van der Waals surface area contributed by atoms with Crippen LogP contribution in [0.1, 0.15) is 0 Å². The Labute approximate surface area is 378 Å². The first-order chi connectivity index (χ1) is 32.7. The van der Waals surface area contributed by atoms with Crippen molar-refractivity contribution in [3.8, 4) is 22.5 Å². The summed E-state index contributed by atoms with van der Waals surface area (Å²) in [4.78, 5) is 0. The molecule has 0 radical (unpaired) electrons. The first-order valence-electron chi connectivity index (χ1n) is 22.3. The van der Waals surface area contributed by atoms with Crippen LogP contribution in [0.15, 0.2) is 207 Å². The third kappa shape index (κ3) is 4.53. The van der Waals surface area contributed by atoms with E-state index in [1.165, 1.54) is 52.8 Å².